The van der Waals surface area contributed by atoms with E-state index in [2.05, 4.69) is 21.4 Å². The van der Waals surface area contributed by atoms with Crippen LogP contribution >= 0.6 is 0 Å². The maximum Gasteiger partial charge on any atom is 0.326 e. The van der Waals surface area contributed by atoms with Crippen molar-refractivity contribution in [1.29, 1.82) is 0 Å². The molecule has 3 atom stereocenters. The second-order valence-electron chi connectivity index (χ2n) is 13.3. The zero-order valence-corrected chi connectivity index (χ0v) is 28.0. The van der Waals surface area contributed by atoms with Crippen molar-refractivity contribution < 1.29 is 14.2 Å². The highest BCUT2D eigenvalue weighted by Gasteiger charge is 2.39. The molecule has 0 spiro atoms. The lowest BCUT2D eigenvalue weighted by Gasteiger charge is -2.47. The Kier molecular flexibility index (Phi) is 7.75. The summed E-state index contributed by atoms with van der Waals surface area (Å²) < 4.78 is 26.1. The lowest BCUT2D eigenvalue weighted by molar-refractivity contribution is -0.00250. The highest BCUT2D eigenvalue weighted by Crippen LogP contribution is 2.42. The van der Waals surface area contributed by atoms with Crippen molar-refractivity contribution in [3.63, 3.8) is 0 Å². The molecule has 2 aliphatic heterocycles. The summed E-state index contributed by atoms with van der Waals surface area (Å²) in [6.45, 7) is 14.8. The van der Waals surface area contributed by atoms with Crippen LogP contribution in [0.2, 0.25) is 0 Å². The number of aromatic amines is 1. The average molecular weight is 654 g/mol. The van der Waals surface area contributed by atoms with Gasteiger partial charge in [0.15, 0.2) is 5.65 Å². The minimum Gasteiger partial charge on any atom is -0.486 e. The van der Waals surface area contributed by atoms with Crippen molar-refractivity contribution in [3.8, 4) is 22.7 Å². The van der Waals surface area contributed by atoms with E-state index in [1.165, 1.54) is 21.3 Å². The molecule has 4 aromatic heterocycles. The summed E-state index contributed by atoms with van der Waals surface area (Å²) >= 11 is 0. The molecule has 250 valence electrons. The number of imidazole rings is 1. The first-order valence-electron chi connectivity index (χ1n) is 16.3. The minimum absolute atomic E-state index is 0.0272. The quantitative estimate of drug-likeness (QED) is 0.263. The van der Waals surface area contributed by atoms with E-state index < -0.39 is 17.6 Å². The van der Waals surface area contributed by atoms with Gasteiger partial charge < -0.3 is 19.7 Å². The van der Waals surface area contributed by atoms with Crippen LogP contribution in [0.4, 0.5) is 10.1 Å². The number of halogens is 1. The van der Waals surface area contributed by atoms with Gasteiger partial charge in [-0.25, -0.2) is 14.2 Å². The molecule has 6 heterocycles. The maximum atomic E-state index is 16.8. The third kappa shape index (κ3) is 4.76. The number of ether oxygens (including phenoxy) is 1. The number of benzene rings is 1. The van der Waals surface area contributed by atoms with Crippen LogP contribution in [0.1, 0.15) is 49.9 Å². The van der Waals surface area contributed by atoms with Gasteiger partial charge in [0, 0.05) is 55.8 Å². The van der Waals surface area contributed by atoms with Crippen molar-refractivity contribution in [3.05, 3.63) is 86.6 Å². The van der Waals surface area contributed by atoms with Crippen LogP contribution in [0, 0.1) is 19.7 Å². The molecule has 12 heteroatoms. The maximum absolute atomic E-state index is 16.8. The van der Waals surface area contributed by atoms with Gasteiger partial charge >= 0.3 is 11.2 Å². The van der Waals surface area contributed by atoms with E-state index in [0.29, 0.717) is 58.6 Å². The number of hydrogen-bond acceptors (Lipinski definition) is 8. The Morgan fingerprint density at radius 2 is 1.92 bits per heavy atom. The molecule has 0 amide bonds. The number of aliphatic hydroxyl groups is 1. The number of nitrogens with one attached hydrogen (secondary N) is 1. The zero-order chi connectivity index (χ0) is 34.2. The van der Waals surface area contributed by atoms with Gasteiger partial charge in [0.25, 0.3) is 0 Å². The fourth-order valence-corrected chi connectivity index (χ4v) is 7.45. The number of hydrogen-bond donors (Lipinski definition) is 2. The van der Waals surface area contributed by atoms with Gasteiger partial charge in [-0.15, -0.1) is 0 Å². The van der Waals surface area contributed by atoms with E-state index in [-0.39, 0.29) is 47.4 Å². The molecule has 3 unspecified atom stereocenters. The lowest BCUT2D eigenvalue weighted by atomic mass is 9.99. The van der Waals surface area contributed by atoms with Crippen LogP contribution in [0.25, 0.3) is 39.0 Å². The molecule has 1 saturated heterocycles. The van der Waals surface area contributed by atoms with Gasteiger partial charge in [-0.2, -0.15) is 0 Å². The van der Waals surface area contributed by atoms with Crippen LogP contribution in [-0.2, 0) is 7.05 Å². The van der Waals surface area contributed by atoms with Crippen molar-refractivity contribution in [2.75, 3.05) is 24.6 Å². The largest absolute Gasteiger partial charge is 0.486 e. The highest BCUT2D eigenvalue weighted by molar-refractivity contribution is 5.99. The lowest BCUT2D eigenvalue weighted by Crippen LogP contribution is -2.60. The Morgan fingerprint density at radius 1 is 1.15 bits per heavy atom. The van der Waals surface area contributed by atoms with Gasteiger partial charge in [-0.3, -0.25) is 23.8 Å². The number of rotatable bonds is 5. The van der Waals surface area contributed by atoms with Crippen LogP contribution in [-0.4, -0.2) is 72.1 Å². The van der Waals surface area contributed by atoms with Gasteiger partial charge in [0.2, 0.25) is 5.75 Å². The topological polar surface area (TPSA) is 122 Å². The number of fused-ring (bicyclic) bond motifs is 6. The molecule has 48 heavy (non-hydrogen) atoms. The smallest absolute Gasteiger partial charge is 0.326 e. The fraction of sp³-hybridized carbons (Fsp3) is 0.389. The van der Waals surface area contributed by atoms with Crippen LogP contribution in [0.5, 0.6) is 5.75 Å². The molecule has 0 saturated carbocycles. The van der Waals surface area contributed by atoms with Crippen molar-refractivity contribution in [2.24, 2.45) is 7.05 Å². The number of H-pyrrole nitrogens is 1. The molecule has 0 aliphatic carbocycles. The molecule has 11 nitrogen and oxygen atoms in total. The van der Waals surface area contributed by atoms with E-state index in [4.69, 9.17) is 9.72 Å². The number of nitrogens with zero attached hydrogens (tertiary/aromatic N) is 6. The second kappa shape index (κ2) is 11.7. The monoisotopic (exact) mass is 653 g/mol. The summed E-state index contributed by atoms with van der Waals surface area (Å²) in [5.74, 6) is -0.504. The first-order valence-corrected chi connectivity index (χ1v) is 16.3. The molecular formula is C36H40FN7O4. The van der Waals surface area contributed by atoms with Gasteiger partial charge in [-0.1, -0.05) is 26.5 Å². The number of aryl methyl sites for hydroxylation is 3. The SMILES string of the molecule is C=CC(O)N1CC2CCOc3c(c4cc(F)c(-c5c(C)ccc6[nH]c(=O)n(C)c56)nc4n(-c4c(C)ccnc4C(C)C)c3=O)N2CC1C. The number of pyridine rings is 3. The van der Waals surface area contributed by atoms with Gasteiger partial charge in [0.1, 0.15) is 17.7 Å². The molecule has 2 N–H and O–H groups in total. The molecule has 0 bridgehead atoms. The zero-order valence-electron chi connectivity index (χ0n) is 28.0. The number of aromatic nitrogens is 5. The fourth-order valence-electron chi connectivity index (χ4n) is 7.45. The Labute approximate surface area is 276 Å². The Balaban J connectivity index is 1.60. The summed E-state index contributed by atoms with van der Waals surface area (Å²) in [6, 6.07) is 6.66. The summed E-state index contributed by atoms with van der Waals surface area (Å²) in [5.41, 5.74) is 4.38. The normalized spacial score (nSPS) is 18.9. The molecule has 1 fully saturated rings. The highest BCUT2D eigenvalue weighted by atomic mass is 19.1. The van der Waals surface area contributed by atoms with Crippen molar-refractivity contribution >= 4 is 27.8 Å². The predicted molar refractivity (Wildman–Crippen MR) is 185 cm³/mol. The number of anilines is 1. The third-order valence-corrected chi connectivity index (χ3v) is 9.89. The number of aliphatic hydroxyl groups excluding tert-OH is 1. The Morgan fingerprint density at radius 3 is 2.65 bits per heavy atom. The average Bonchev–Trinajstić information content (AvgIpc) is 3.21. The van der Waals surface area contributed by atoms with Crippen LogP contribution in [0.15, 0.2) is 52.7 Å². The van der Waals surface area contributed by atoms with Gasteiger partial charge in [-0.05, 0) is 62.1 Å². The van der Waals surface area contributed by atoms with E-state index in [1.54, 1.807) is 19.3 Å². The minimum atomic E-state index is -0.824. The van der Waals surface area contributed by atoms with E-state index in [0.717, 1.165) is 11.1 Å². The second-order valence-corrected chi connectivity index (χ2v) is 13.3. The summed E-state index contributed by atoms with van der Waals surface area (Å²) in [5, 5.41) is 11.1. The van der Waals surface area contributed by atoms with E-state index in [9.17, 15) is 14.7 Å². The summed E-state index contributed by atoms with van der Waals surface area (Å²) in [4.78, 5) is 44.2. The van der Waals surface area contributed by atoms with Crippen LogP contribution in [0.3, 0.4) is 0 Å². The molecule has 0 radical (unpaired) electrons. The van der Waals surface area contributed by atoms with Crippen molar-refractivity contribution in [1.82, 2.24) is 29.0 Å². The molecule has 5 aromatic rings. The summed E-state index contributed by atoms with van der Waals surface area (Å²) in [6.07, 6.45) is 2.99. The number of piperazine rings is 1. The molecular weight excluding hydrogens is 613 g/mol. The molecule has 2 aliphatic rings. The predicted octanol–water partition coefficient (Wildman–Crippen LogP) is 4.67. The first-order chi connectivity index (χ1) is 22.9. The Bertz CT molecular complexity index is 2240. The standard InChI is InChI=1S/C36H40FN7O4/c1-8-26(45)42-17-22-12-14-48-33-31(43(22)16-21(42)6)23-15-24(37)29(27-19(4)9-10-25-32(27)41(7)36(47)39-25)40-34(23)44(35(33)46)30-20(5)11-13-38-28(30)18(2)3/h8-11,13,15,18,21-22,26,45H,1,12,14,16-17H2,2-7H3,(H,39,47). The Hall–Kier alpha value is -4.81. The van der Waals surface area contributed by atoms with E-state index >= 15 is 4.39 Å². The molecule has 1 aromatic carbocycles. The molecule has 7 rings (SSSR count). The van der Waals surface area contributed by atoms with Crippen LogP contribution < -0.4 is 20.9 Å². The third-order valence-electron chi connectivity index (χ3n) is 9.89. The van der Waals surface area contributed by atoms with Crippen molar-refractivity contribution in [2.45, 2.75) is 65.3 Å². The van der Waals surface area contributed by atoms with E-state index in [1.807, 2.05) is 51.7 Å². The summed E-state index contributed by atoms with van der Waals surface area (Å²) in [7, 11) is 1.63. The first kappa shape index (κ1) is 31.8. The van der Waals surface area contributed by atoms with Gasteiger partial charge in [0.05, 0.1) is 34.7 Å².